The lowest BCUT2D eigenvalue weighted by Crippen LogP contribution is -2.03. The van der Waals surface area contributed by atoms with E-state index >= 15 is 0 Å². The van der Waals surface area contributed by atoms with Crippen LogP contribution >= 0.6 is 0 Å². The molecule has 122 valence electrons. The molecule has 4 rings (SSSR count). The van der Waals surface area contributed by atoms with Crippen molar-refractivity contribution in [3.8, 4) is 23.1 Å². The molecule has 0 saturated carbocycles. The number of aromatic nitrogens is 1. The molecule has 0 amide bonds. The maximum Gasteiger partial charge on any atom is 0.206 e. The normalized spacial score (nSPS) is 12.9. The van der Waals surface area contributed by atoms with Gasteiger partial charge in [-0.1, -0.05) is 30.3 Å². The van der Waals surface area contributed by atoms with E-state index in [0.717, 1.165) is 0 Å². The molecule has 3 aromatic rings. The summed E-state index contributed by atoms with van der Waals surface area (Å²) in [6.07, 6.45) is 0. The molecule has 0 saturated heterocycles. The summed E-state index contributed by atoms with van der Waals surface area (Å²) in [5, 5.41) is 20.6. The summed E-state index contributed by atoms with van der Waals surface area (Å²) in [6, 6.07) is 10.2. The molecule has 6 heteroatoms. The first-order valence-corrected chi connectivity index (χ1v) is 7.51. The van der Waals surface area contributed by atoms with Gasteiger partial charge in [0.15, 0.2) is 17.3 Å². The number of carbonyl (C=O) groups excluding carboxylic acids is 1. The summed E-state index contributed by atoms with van der Waals surface area (Å²) in [4.78, 5) is 13.0. The maximum atomic E-state index is 13.0. The van der Waals surface area contributed by atoms with Crippen LogP contribution in [0.15, 0.2) is 36.4 Å². The number of hydrogen-bond donors (Lipinski definition) is 2. The molecule has 1 aliphatic rings. The monoisotopic (exact) mass is 325 g/mol. The number of aromatic hydroxyl groups is 2. The number of fused-ring (bicyclic) bond motifs is 3. The van der Waals surface area contributed by atoms with Gasteiger partial charge in [0.05, 0.1) is 24.7 Å². The van der Waals surface area contributed by atoms with Crippen molar-refractivity contribution in [2.24, 2.45) is 0 Å². The molecule has 0 bridgehead atoms. The molecule has 1 aliphatic heterocycles. The minimum atomic E-state index is -0.351. The van der Waals surface area contributed by atoms with Crippen LogP contribution in [0.1, 0.15) is 15.9 Å². The summed E-state index contributed by atoms with van der Waals surface area (Å²) in [5.41, 5.74) is 1.43. The largest absolute Gasteiger partial charge is 0.504 e. The molecule has 0 radical (unpaired) electrons. The lowest BCUT2D eigenvalue weighted by Gasteiger charge is -2.09. The third-order valence-electron chi connectivity index (χ3n) is 4.23. The van der Waals surface area contributed by atoms with Gasteiger partial charge in [0.2, 0.25) is 11.6 Å². The van der Waals surface area contributed by atoms with Gasteiger partial charge in [-0.15, -0.1) is 0 Å². The average molecular weight is 325 g/mol. The predicted molar refractivity (Wildman–Crippen MR) is 87.2 cm³/mol. The van der Waals surface area contributed by atoms with Crippen molar-refractivity contribution in [2.45, 2.75) is 6.54 Å². The third-order valence-corrected chi connectivity index (χ3v) is 4.23. The van der Waals surface area contributed by atoms with Crippen LogP contribution in [0.3, 0.4) is 0 Å². The second-order valence-corrected chi connectivity index (χ2v) is 5.55. The van der Waals surface area contributed by atoms with Gasteiger partial charge in [-0.3, -0.25) is 4.79 Å². The molecular weight excluding hydrogens is 310 g/mol. The number of hydrogen-bond acceptors (Lipinski definition) is 5. The van der Waals surface area contributed by atoms with Gasteiger partial charge >= 0.3 is 0 Å². The Morgan fingerprint density at radius 1 is 1.25 bits per heavy atom. The molecule has 1 aromatic heterocycles. The summed E-state index contributed by atoms with van der Waals surface area (Å²) in [7, 11) is 1.41. The van der Waals surface area contributed by atoms with Crippen LogP contribution in [0.25, 0.3) is 10.9 Å². The number of methoxy groups -OCH3 is 1. The zero-order chi connectivity index (χ0) is 16.8. The van der Waals surface area contributed by atoms with Gasteiger partial charge < -0.3 is 24.3 Å². The van der Waals surface area contributed by atoms with Crippen molar-refractivity contribution >= 4 is 16.7 Å². The zero-order valence-electron chi connectivity index (χ0n) is 12.9. The molecule has 2 heterocycles. The molecule has 6 nitrogen and oxygen atoms in total. The number of phenolic OH excluding ortho intramolecular Hbond substituents is 2. The first kappa shape index (κ1) is 14.4. The predicted octanol–water partition coefficient (Wildman–Crippen LogP) is 2.68. The lowest BCUT2D eigenvalue weighted by molar-refractivity contribution is 0.103. The van der Waals surface area contributed by atoms with Crippen LogP contribution in [-0.4, -0.2) is 34.3 Å². The molecule has 2 aromatic carbocycles. The molecule has 2 N–H and O–H groups in total. The smallest absolute Gasteiger partial charge is 0.206 e. The second-order valence-electron chi connectivity index (χ2n) is 5.55. The number of rotatable bonds is 3. The molecule has 0 atom stereocenters. The Kier molecular flexibility index (Phi) is 3.13. The summed E-state index contributed by atoms with van der Waals surface area (Å²) < 4.78 is 12.7. The van der Waals surface area contributed by atoms with Gasteiger partial charge in [-0.2, -0.15) is 0 Å². The number of ketones is 1. The standard InChI is InChI=1S/C18H15NO5/c1-23-17-14-11(9-12(20)16(17)22)13(18-19(14)7-8-24-18)15(21)10-5-3-2-4-6-10/h2-6,9,20,22H,7-8H2,1H3. The molecule has 24 heavy (non-hydrogen) atoms. The Morgan fingerprint density at radius 3 is 2.71 bits per heavy atom. The van der Waals surface area contributed by atoms with Gasteiger partial charge in [0.1, 0.15) is 6.61 Å². The third kappa shape index (κ3) is 1.86. The number of phenols is 2. The van der Waals surface area contributed by atoms with E-state index in [2.05, 4.69) is 0 Å². The maximum absolute atomic E-state index is 13.0. The van der Waals surface area contributed by atoms with Crippen molar-refractivity contribution < 1.29 is 24.5 Å². The van der Waals surface area contributed by atoms with Crippen LogP contribution in [-0.2, 0) is 6.54 Å². The van der Waals surface area contributed by atoms with E-state index in [1.54, 1.807) is 28.8 Å². The highest BCUT2D eigenvalue weighted by Gasteiger charge is 2.31. The fourth-order valence-corrected chi connectivity index (χ4v) is 3.18. The van der Waals surface area contributed by atoms with E-state index in [9.17, 15) is 15.0 Å². The number of ether oxygens (including phenoxy) is 2. The second kappa shape index (κ2) is 5.19. The van der Waals surface area contributed by atoms with Gasteiger partial charge in [-0.25, -0.2) is 0 Å². The van der Waals surface area contributed by atoms with Crippen LogP contribution in [0.4, 0.5) is 0 Å². The van der Waals surface area contributed by atoms with Crippen LogP contribution < -0.4 is 9.47 Å². The first-order chi connectivity index (χ1) is 11.6. The summed E-state index contributed by atoms with van der Waals surface area (Å²) >= 11 is 0. The van der Waals surface area contributed by atoms with Crippen molar-refractivity contribution in [1.82, 2.24) is 4.57 Å². The van der Waals surface area contributed by atoms with Gasteiger partial charge in [-0.05, 0) is 6.07 Å². The fraction of sp³-hybridized carbons (Fsp3) is 0.167. The quantitative estimate of drug-likeness (QED) is 0.571. The van der Waals surface area contributed by atoms with E-state index in [4.69, 9.17) is 9.47 Å². The fourth-order valence-electron chi connectivity index (χ4n) is 3.18. The Hall–Kier alpha value is -3.15. The molecule has 0 fully saturated rings. The van der Waals surface area contributed by atoms with Crippen LogP contribution in [0, 0.1) is 0 Å². The Bertz CT molecular complexity index is 959. The molecule has 0 unspecified atom stereocenters. The first-order valence-electron chi connectivity index (χ1n) is 7.51. The number of benzene rings is 2. The van der Waals surface area contributed by atoms with E-state index in [1.165, 1.54) is 13.2 Å². The number of carbonyl (C=O) groups is 1. The Labute approximate surface area is 137 Å². The van der Waals surface area contributed by atoms with Crippen molar-refractivity contribution in [3.05, 3.63) is 47.5 Å². The SMILES string of the molecule is COc1c(O)c(O)cc2c(C(=O)c3ccccc3)c3n(c12)CCO3. The van der Waals surface area contributed by atoms with E-state index in [0.29, 0.717) is 41.1 Å². The zero-order valence-corrected chi connectivity index (χ0v) is 12.9. The highest BCUT2D eigenvalue weighted by Crippen LogP contribution is 2.48. The van der Waals surface area contributed by atoms with Gasteiger partial charge in [0.25, 0.3) is 0 Å². The lowest BCUT2D eigenvalue weighted by atomic mass is 10.0. The summed E-state index contributed by atoms with van der Waals surface area (Å²) in [6.45, 7) is 0.972. The number of nitrogens with zero attached hydrogens (tertiary/aromatic N) is 1. The topological polar surface area (TPSA) is 80.9 Å². The highest BCUT2D eigenvalue weighted by atomic mass is 16.5. The van der Waals surface area contributed by atoms with Crippen LogP contribution in [0.5, 0.6) is 23.1 Å². The Morgan fingerprint density at radius 2 is 2.00 bits per heavy atom. The average Bonchev–Trinajstić information content (AvgIpc) is 3.17. The minimum absolute atomic E-state index is 0.129. The van der Waals surface area contributed by atoms with Gasteiger partial charge in [0, 0.05) is 10.9 Å². The van der Waals surface area contributed by atoms with Crippen molar-refractivity contribution in [3.63, 3.8) is 0 Å². The molecular formula is C18H15NO5. The summed E-state index contributed by atoms with van der Waals surface area (Å²) in [5.74, 6) is -0.337. The van der Waals surface area contributed by atoms with Crippen molar-refractivity contribution in [2.75, 3.05) is 13.7 Å². The Balaban J connectivity index is 2.07. The molecule has 0 aliphatic carbocycles. The van der Waals surface area contributed by atoms with E-state index < -0.39 is 0 Å². The molecule has 0 spiro atoms. The van der Waals surface area contributed by atoms with E-state index in [1.807, 2.05) is 6.07 Å². The van der Waals surface area contributed by atoms with E-state index in [-0.39, 0.29) is 23.0 Å². The van der Waals surface area contributed by atoms with Crippen molar-refractivity contribution in [1.29, 1.82) is 0 Å². The highest BCUT2D eigenvalue weighted by molar-refractivity contribution is 6.19. The van der Waals surface area contributed by atoms with Crippen LogP contribution in [0.2, 0.25) is 0 Å². The minimum Gasteiger partial charge on any atom is -0.504 e.